The molecule has 1 unspecified atom stereocenters. The SMILES string of the molecule is COc1ccccc1NC(=O)N1CCSC1c1cc(OC)c(OC)cc1OC. The van der Waals surface area contributed by atoms with Crippen LogP contribution in [0.2, 0.25) is 0 Å². The molecule has 0 aliphatic carbocycles. The van der Waals surface area contributed by atoms with E-state index < -0.39 is 0 Å². The number of thioether (sulfide) groups is 1. The van der Waals surface area contributed by atoms with E-state index in [1.807, 2.05) is 30.3 Å². The summed E-state index contributed by atoms with van der Waals surface area (Å²) in [6.07, 6.45) is 0. The van der Waals surface area contributed by atoms with E-state index in [0.717, 1.165) is 11.3 Å². The monoisotopic (exact) mass is 404 g/mol. The highest BCUT2D eigenvalue weighted by atomic mass is 32.2. The molecule has 3 rings (SSSR count). The van der Waals surface area contributed by atoms with Gasteiger partial charge in [-0.25, -0.2) is 4.79 Å². The largest absolute Gasteiger partial charge is 0.496 e. The Bertz CT molecular complexity index is 845. The molecule has 7 nitrogen and oxygen atoms in total. The molecule has 1 N–H and O–H groups in total. The predicted molar refractivity (Wildman–Crippen MR) is 110 cm³/mol. The molecule has 1 saturated heterocycles. The number of carbonyl (C=O) groups excluding carboxylic acids is 1. The Labute approximate surface area is 168 Å². The summed E-state index contributed by atoms with van der Waals surface area (Å²) in [5, 5.41) is 2.74. The lowest BCUT2D eigenvalue weighted by molar-refractivity contribution is 0.213. The van der Waals surface area contributed by atoms with Gasteiger partial charge in [-0.2, -0.15) is 0 Å². The van der Waals surface area contributed by atoms with Gasteiger partial charge in [0.2, 0.25) is 0 Å². The van der Waals surface area contributed by atoms with Crippen molar-refractivity contribution in [3.05, 3.63) is 42.0 Å². The second-order valence-electron chi connectivity index (χ2n) is 6.00. The third-order valence-corrected chi connectivity index (χ3v) is 5.74. The summed E-state index contributed by atoms with van der Waals surface area (Å²) in [5.74, 6) is 3.25. The number of hydrogen-bond donors (Lipinski definition) is 1. The molecule has 1 aliphatic rings. The van der Waals surface area contributed by atoms with Crippen LogP contribution in [0.1, 0.15) is 10.9 Å². The number of nitrogens with zero attached hydrogens (tertiary/aromatic N) is 1. The number of benzene rings is 2. The Kier molecular flexibility index (Phi) is 6.41. The fraction of sp³-hybridized carbons (Fsp3) is 0.350. The molecule has 1 fully saturated rings. The molecule has 28 heavy (non-hydrogen) atoms. The first-order valence-electron chi connectivity index (χ1n) is 8.75. The van der Waals surface area contributed by atoms with Crippen molar-refractivity contribution in [1.29, 1.82) is 0 Å². The Hall–Kier alpha value is -2.74. The van der Waals surface area contributed by atoms with Crippen LogP contribution in [0.3, 0.4) is 0 Å². The molecule has 150 valence electrons. The Morgan fingerprint density at radius 2 is 1.61 bits per heavy atom. The number of ether oxygens (including phenoxy) is 4. The maximum absolute atomic E-state index is 13.0. The second kappa shape index (κ2) is 8.97. The number of para-hydroxylation sites is 2. The van der Waals surface area contributed by atoms with Crippen LogP contribution in [0, 0.1) is 0 Å². The zero-order valence-corrected chi connectivity index (χ0v) is 17.2. The molecule has 0 spiro atoms. The predicted octanol–water partition coefficient (Wildman–Crippen LogP) is 4.00. The third kappa shape index (κ3) is 3.91. The van der Waals surface area contributed by atoms with Crippen LogP contribution in [-0.4, -0.2) is 51.7 Å². The number of urea groups is 1. The van der Waals surface area contributed by atoms with Crippen molar-refractivity contribution in [2.45, 2.75) is 5.37 Å². The Morgan fingerprint density at radius 3 is 2.29 bits per heavy atom. The normalized spacial score (nSPS) is 15.9. The van der Waals surface area contributed by atoms with Gasteiger partial charge in [0, 0.05) is 23.9 Å². The van der Waals surface area contributed by atoms with E-state index in [-0.39, 0.29) is 11.4 Å². The standard InChI is InChI=1S/C20H24N2O5S/c1-24-15-8-6-5-7-14(15)21-20(23)22-9-10-28-19(22)13-11-17(26-3)18(27-4)12-16(13)25-2/h5-8,11-12,19H,9-10H2,1-4H3,(H,21,23). The van der Waals surface area contributed by atoms with Gasteiger partial charge in [0.25, 0.3) is 0 Å². The number of nitrogens with one attached hydrogen (secondary N) is 1. The highest BCUT2D eigenvalue weighted by Gasteiger charge is 2.34. The van der Waals surface area contributed by atoms with E-state index in [4.69, 9.17) is 18.9 Å². The van der Waals surface area contributed by atoms with Crippen LogP contribution in [0.4, 0.5) is 10.5 Å². The van der Waals surface area contributed by atoms with Gasteiger partial charge in [-0.1, -0.05) is 12.1 Å². The minimum atomic E-state index is -0.204. The quantitative estimate of drug-likeness (QED) is 0.785. The number of amides is 2. The van der Waals surface area contributed by atoms with Gasteiger partial charge in [0.05, 0.1) is 34.1 Å². The van der Waals surface area contributed by atoms with Crippen LogP contribution >= 0.6 is 11.8 Å². The van der Waals surface area contributed by atoms with Crippen molar-refractivity contribution < 1.29 is 23.7 Å². The maximum Gasteiger partial charge on any atom is 0.323 e. The van der Waals surface area contributed by atoms with Crippen molar-refractivity contribution in [2.24, 2.45) is 0 Å². The molecule has 2 aromatic carbocycles. The lowest BCUT2D eigenvalue weighted by atomic mass is 10.1. The zero-order valence-electron chi connectivity index (χ0n) is 16.4. The van der Waals surface area contributed by atoms with Crippen molar-refractivity contribution in [2.75, 3.05) is 46.1 Å². The fourth-order valence-electron chi connectivity index (χ4n) is 3.12. The van der Waals surface area contributed by atoms with Gasteiger partial charge < -0.3 is 29.2 Å². The first-order chi connectivity index (χ1) is 13.6. The van der Waals surface area contributed by atoms with E-state index in [9.17, 15) is 4.79 Å². The Morgan fingerprint density at radius 1 is 0.964 bits per heavy atom. The number of rotatable bonds is 6. The van der Waals surface area contributed by atoms with Crippen molar-refractivity contribution in [3.63, 3.8) is 0 Å². The molecule has 0 saturated carbocycles. The molecule has 0 radical (unpaired) electrons. The highest BCUT2D eigenvalue weighted by Crippen LogP contribution is 2.46. The van der Waals surface area contributed by atoms with Crippen molar-refractivity contribution >= 4 is 23.5 Å². The Balaban J connectivity index is 1.89. The van der Waals surface area contributed by atoms with Crippen molar-refractivity contribution in [1.82, 2.24) is 4.90 Å². The summed E-state index contributed by atoms with van der Waals surface area (Å²) in [6, 6.07) is 10.8. The lowest BCUT2D eigenvalue weighted by Crippen LogP contribution is -2.34. The van der Waals surface area contributed by atoms with E-state index in [1.54, 1.807) is 51.2 Å². The first kappa shape index (κ1) is 20.0. The average Bonchev–Trinajstić information content (AvgIpc) is 3.22. The van der Waals surface area contributed by atoms with E-state index >= 15 is 0 Å². The van der Waals surface area contributed by atoms with Crippen LogP contribution in [0.5, 0.6) is 23.0 Å². The topological polar surface area (TPSA) is 69.3 Å². The molecular formula is C20H24N2O5S. The first-order valence-corrected chi connectivity index (χ1v) is 9.80. The molecule has 2 aromatic rings. The average molecular weight is 404 g/mol. The summed E-state index contributed by atoms with van der Waals surface area (Å²) >= 11 is 1.67. The van der Waals surface area contributed by atoms with E-state index in [2.05, 4.69) is 5.32 Å². The molecule has 8 heteroatoms. The van der Waals surface area contributed by atoms with Crippen molar-refractivity contribution in [3.8, 4) is 23.0 Å². The van der Waals surface area contributed by atoms with Gasteiger partial charge >= 0.3 is 6.03 Å². The maximum atomic E-state index is 13.0. The molecule has 1 aliphatic heterocycles. The molecule has 1 heterocycles. The molecule has 0 bridgehead atoms. The van der Waals surface area contributed by atoms with Crippen LogP contribution in [-0.2, 0) is 0 Å². The van der Waals surface area contributed by atoms with Crippen LogP contribution < -0.4 is 24.3 Å². The van der Waals surface area contributed by atoms with Gasteiger partial charge in [-0.15, -0.1) is 11.8 Å². The minimum absolute atomic E-state index is 0.198. The lowest BCUT2D eigenvalue weighted by Gasteiger charge is -2.26. The zero-order chi connectivity index (χ0) is 20.1. The number of methoxy groups -OCH3 is 4. The van der Waals surface area contributed by atoms with Gasteiger partial charge in [-0.05, 0) is 18.2 Å². The summed E-state index contributed by atoms with van der Waals surface area (Å²) in [6.45, 7) is 0.619. The summed E-state index contributed by atoms with van der Waals surface area (Å²) in [7, 11) is 6.34. The van der Waals surface area contributed by atoms with Crippen LogP contribution in [0.25, 0.3) is 0 Å². The molecule has 0 aromatic heterocycles. The summed E-state index contributed by atoms with van der Waals surface area (Å²) in [5.41, 5.74) is 1.49. The van der Waals surface area contributed by atoms with Crippen LogP contribution in [0.15, 0.2) is 36.4 Å². The number of carbonyl (C=O) groups is 1. The van der Waals surface area contributed by atoms with Gasteiger partial charge in [-0.3, -0.25) is 0 Å². The van der Waals surface area contributed by atoms with Gasteiger partial charge in [0.1, 0.15) is 16.9 Å². The molecule has 2 amide bonds. The highest BCUT2D eigenvalue weighted by molar-refractivity contribution is 7.99. The summed E-state index contributed by atoms with van der Waals surface area (Å²) < 4.78 is 21.7. The minimum Gasteiger partial charge on any atom is -0.496 e. The van der Waals surface area contributed by atoms with Gasteiger partial charge in [0.15, 0.2) is 11.5 Å². The molecule has 1 atom stereocenters. The molecular weight excluding hydrogens is 380 g/mol. The van der Waals surface area contributed by atoms with E-state index in [0.29, 0.717) is 35.2 Å². The third-order valence-electron chi connectivity index (χ3n) is 4.50. The second-order valence-corrected chi connectivity index (χ2v) is 7.18. The smallest absolute Gasteiger partial charge is 0.323 e. The fourth-order valence-corrected chi connectivity index (χ4v) is 4.39. The summed E-state index contributed by atoms with van der Waals surface area (Å²) in [4.78, 5) is 14.8. The van der Waals surface area contributed by atoms with E-state index in [1.165, 1.54) is 0 Å². The number of hydrogen-bond acceptors (Lipinski definition) is 6. The number of anilines is 1.